The molecule has 1 aromatic heterocycles. The van der Waals surface area contributed by atoms with Crippen molar-refractivity contribution >= 4 is 11.6 Å². The van der Waals surface area contributed by atoms with E-state index in [9.17, 15) is 4.79 Å². The van der Waals surface area contributed by atoms with Crippen LogP contribution in [-0.4, -0.2) is 42.0 Å². The molecule has 19 heavy (non-hydrogen) atoms. The summed E-state index contributed by atoms with van der Waals surface area (Å²) < 4.78 is 0. The number of hydrogen-bond donors (Lipinski definition) is 2. The van der Waals surface area contributed by atoms with Gasteiger partial charge in [0.2, 0.25) is 0 Å². The average Bonchev–Trinajstić information content (AvgIpc) is 2.38. The quantitative estimate of drug-likeness (QED) is 0.731. The van der Waals surface area contributed by atoms with Crippen molar-refractivity contribution < 1.29 is 4.79 Å². The van der Waals surface area contributed by atoms with Crippen molar-refractivity contribution in [1.82, 2.24) is 15.2 Å². The van der Waals surface area contributed by atoms with E-state index in [0.29, 0.717) is 17.8 Å². The molecule has 0 fully saturated rings. The Kier molecular flexibility index (Phi) is 6.29. The van der Waals surface area contributed by atoms with E-state index in [1.165, 1.54) is 6.20 Å². The summed E-state index contributed by atoms with van der Waals surface area (Å²) in [6.07, 6.45) is 2.47. The lowest BCUT2D eigenvalue weighted by Gasteiger charge is -2.17. The van der Waals surface area contributed by atoms with Crippen molar-refractivity contribution in [1.29, 1.82) is 0 Å². The van der Waals surface area contributed by atoms with Gasteiger partial charge in [-0.3, -0.25) is 9.78 Å². The van der Waals surface area contributed by atoms with Crippen LogP contribution in [0.4, 0.5) is 5.69 Å². The number of amides is 1. The number of hydrogen-bond acceptors (Lipinski definition) is 4. The Morgan fingerprint density at radius 3 is 2.68 bits per heavy atom. The Labute approximate surface area is 115 Å². The second-order valence-electron chi connectivity index (χ2n) is 4.55. The minimum absolute atomic E-state index is 0.149. The molecule has 1 aromatic rings. The number of rotatable bonds is 7. The molecule has 0 aromatic carbocycles. The third-order valence-electron chi connectivity index (χ3n) is 3.15. The molecule has 1 amide bonds. The Morgan fingerprint density at radius 1 is 1.42 bits per heavy atom. The predicted molar refractivity (Wildman–Crippen MR) is 78.1 cm³/mol. The first-order chi connectivity index (χ1) is 9.08. The zero-order valence-electron chi connectivity index (χ0n) is 12.1. The Balaban J connectivity index is 2.39. The van der Waals surface area contributed by atoms with Crippen molar-refractivity contribution in [3.05, 3.63) is 23.5 Å². The molecule has 1 heterocycles. The predicted octanol–water partition coefficient (Wildman–Crippen LogP) is 1.43. The molecular weight excluding hydrogens is 240 g/mol. The standard InChI is InChI=1S/C14H24N4O/c1-4-18(5-2)8-6-7-16-14(19)12-10-17-11(3)9-13(12)15/h9-10H,4-8H2,1-3H3,(H2,15,17)(H,16,19). The number of anilines is 1. The van der Waals surface area contributed by atoms with Crippen LogP contribution < -0.4 is 11.1 Å². The van der Waals surface area contributed by atoms with Gasteiger partial charge in [-0.05, 0) is 39.0 Å². The fourth-order valence-electron chi connectivity index (χ4n) is 1.91. The van der Waals surface area contributed by atoms with E-state index < -0.39 is 0 Å². The van der Waals surface area contributed by atoms with E-state index >= 15 is 0 Å². The number of carbonyl (C=O) groups is 1. The summed E-state index contributed by atoms with van der Waals surface area (Å²) in [5, 5.41) is 2.88. The first-order valence-electron chi connectivity index (χ1n) is 6.81. The highest BCUT2D eigenvalue weighted by molar-refractivity contribution is 5.98. The molecule has 0 bridgehead atoms. The van der Waals surface area contributed by atoms with E-state index in [2.05, 4.69) is 29.0 Å². The molecule has 5 heteroatoms. The molecule has 5 nitrogen and oxygen atoms in total. The lowest BCUT2D eigenvalue weighted by molar-refractivity contribution is 0.0952. The van der Waals surface area contributed by atoms with Crippen molar-refractivity contribution in [2.45, 2.75) is 27.2 Å². The van der Waals surface area contributed by atoms with Gasteiger partial charge in [0.05, 0.1) is 5.56 Å². The van der Waals surface area contributed by atoms with Crippen LogP contribution in [-0.2, 0) is 0 Å². The smallest absolute Gasteiger partial charge is 0.254 e. The van der Waals surface area contributed by atoms with Crippen LogP contribution in [0.2, 0.25) is 0 Å². The number of nitrogens with zero attached hydrogens (tertiary/aromatic N) is 2. The Morgan fingerprint density at radius 2 is 2.11 bits per heavy atom. The highest BCUT2D eigenvalue weighted by Crippen LogP contribution is 2.10. The summed E-state index contributed by atoms with van der Waals surface area (Å²) in [5.74, 6) is -0.149. The molecule has 0 radical (unpaired) electrons. The van der Waals surface area contributed by atoms with Gasteiger partial charge in [0, 0.05) is 24.1 Å². The van der Waals surface area contributed by atoms with E-state index in [4.69, 9.17) is 5.73 Å². The summed E-state index contributed by atoms with van der Waals surface area (Å²) >= 11 is 0. The molecule has 106 valence electrons. The lowest BCUT2D eigenvalue weighted by atomic mass is 10.2. The van der Waals surface area contributed by atoms with Gasteiger partial charge in [-0.25, -0.2) is 0 Å². The number of aromatic nitrogens is 1. The molecule has 3 N–H and O–H groups in total. The van der Waals surface area contributed by atoms with Crippen molar-refractivity contribution in [3.8, 4) is 0 Å². The highest BCUT2D eigenvalue weighted by atomic mass is 16.1. The number of nitrogens with one attached hydrogen (secondary N) is 1. The summed E-state index contributed by atoms with van der Waals surface area (Å²) in [6, 6.07) is 1.71. The highest BCUT2D eigenvalue weighted by Gasteiger charge is 2.09. The van der Waals surface area contributed by atoms with E-state index in [1.54, 1.807) is 6.07 Å². The lowest BCUT2D eigenvalue weighted by Crippen LogP contribution is -2.30. The maximum absolute atomic E-state index is 11.9. The van der Waals surface area contributed by atoms with Gasteiger partial charge in [0.1, 0.15) is 0 Å². The van der Waals surface area contributed by atoms with Crippen molar-refractivity contribution in [2.75, 3.05) is 31.9 Å². The first-order valence-corrected chi connectivity index (χ1v) is 6.81. The second kappa shape index (κ2) is 7.74. The second-order valence-corrected chi connectivity index (χ2v) is 4.55. The van der Waals surface area contributed by atoms with Gasteiger partial charge >= 0.3 is 0 Å². The molecular formula is C14H24N4O. The van der Waals surface area contributed by atoms with Crippen LogP contribution in [0.25, 0.3) is 0 Å². The largest absolute Gasteiger partial charge is 0.398 e. The summed E-state index contributed by atoms with van der Waals surface area (Å²) in [7, 11) is 0. The van der Waals surface area contributed by atoms with Gasteiger partial charge in [0.15, 0.2) is 0 Å². The zero-order valence-corrected chi connectivity index (χ0v) is 12.1. The van der Waals surface area contributed by atoms with Crippen molar-refractivity contribution in [2.24, 2.45) is 0 Å². The molecule has 1 rings (SSSR count). The van der Waals surface area contributed by atoms with Gasteiger partial charge in [-0.2, -0.15) is 0 Å². The molecule has 0 saturated heterocycles. The monoisotopic (exact) mass is 264 g/mol. The fraction of sp³-hybridized carbons (Fsp3) is 0.571. The summed E-state index contributed by atoms with van der Waals surface area (Å²) in [6.45, 7) is 9.86. The van der Waals surface area contributed by atoms with Crippen LogP contribution in [0, 0.1) is 6.92 Å². The molecule has 0 unspecified atom stereocenters. The van der Waals surface area contributed by atoms with E-state index in [1.807, 2.05) is 6.92 Å². The van der Waals surface area contributed by atoms with Crippen LogP contribution in [0.5, 0.6) is 0 Å². The van der Waals surface area contributed by atoms with Crippen molar-refractivity contribution in [3.63, 3.8) is 0 Å². The van der Waals surface area contributed by atoms with Crippen LogP contribution in [0.1, 0.15) is 36.3 Å². The van der Waals surface area contributed by atoms with Gasteiger partial charge in [0.25, 0.3) is 5.91 Å². The Hall–Kier alpha value is -1.62. The molecule has 0 saturated carbocycles. The van der Waals surface area contributed by atoms with Gasteiger partial charge in [-0.15, -0.1) is 0 Å². The van der Waals surface area contributed by atoms with Gasteiger partial charge < -0.3 is 16.0 Å². The first kappa shape index (κ1) is 15.4. The SMILES string of the molecule is CCN(CC)CCCNC(=O)c1cnc(C)cc1N. The molecule has 0 spiro atoms. The maximum atomic E-state index is 11.9. The summed E-state index contributed by atoms with van der Waals surface area (Å²) in [4.78, 5) is 18.3. The Bertz CT molecular complexity index is 416. The summed E-state index contributed by atoms with van der Waals surface area (Å²) in [5.41, 5.74) is 7.56. The van der Waals surface area contributed by atoms with Crippen LogP contribution in [0.3, 0.4) is 0 Å². The van der Waals surface area contributed by atoms with E-state index in [0.717, 1.165) is 31.7 Å². The number of nitrogens with two attached hydrogens (primary N) is 1. The van der Waals surface area contributed by atoms with Crippen LogP contribution >= 0.6 is 0 Å². The van der Waals surface area contributed by atoms with Gasteiger partial charge in [-0.1, -0.05) is 13.8 Å². The number of pyridine rings is 1. The average molecular weight is 264 g/mol. The molecule has 0 atom stereocenters. The van der Waals surface area contributed by atoms with Crippen LogP contribution in [0.15, 0.2) is 12.3 Å². The third kappa shape index (κ3) is 4.87. The number of carbonyl (C=O) groups excluding carboxylic acids is 1. The molecule has 0 aliphatic carbocycles. The molecule has 0 aliphatic rings. The third-order valence-corrected chi connectivity index (χ3v) is 3.15. The number of nitrogen functional groups attached to an aromatic ring is 1. The fourth-order valence-corrected chi connectivity index (χ4v) is 1.91. The maximum Gasteiger partial charge on any atom is 0.254 e. The topological polar surface area (TPSA) is 71.2 Å². The van der Waals surface area contributed by atoms with E-state index in [-0.39, 0.29) is 5.91 Å². The minimum atomic E-state index is -0.149. The zero-order chi connectivity index (χ0) is 14.3. The minimum Gasteiger partial charge on any atom is -0.398 e. The number of aryl methyl sites for hydroxylation is 1. The normalized spacial score (nSPS) is 10.7. The molecule has 0 aliphatic heterocycles.